The fourth-order valence-electron chi connectivity index (χ4n) is 3.00. The van der Waals surface area contributed by atoms with E-state index in [1.807, 2.05) is 0 Å². The molecule has 0 saturated carbocycles. The highest BCUT2D eigenvalue weighted by Crippen LogP contribution is 2.35. The maximum Gasteiger partial charge on any atom is 0.167 e. The molecule has 0 spiro atoms. The number of phenols is 2. The van der Waals surface area contributed by atoms with Gasteiger partial charge in [-0.3, -0.25) is 0 Å². The molecule has 3 aromatic carbocycles. The van der Waals surface area contributed by atoms with Gasteiger partial charge in [0, 0.05) is 22.7 Å². The van der Waals surface area contributed by atoms with E-state index in [0.717, 1.165) is 0 Å². The van der Waals surface area contributed by atoms with Crippen LogP contribution in [0.4, 0.5) is 0 Å². The average molecular weight is 436 g/mol. The number of halogens is 1. The summed E-state index contributed by atoms with van der Waals surface area (Å²) in [6.45, 7) is 0. The fourth-order valence-corrected chi connectivity index (χ4v) is 3.13. The first-order valence-corrected chi connectivity index (χ1v) is 9.63. The van der Waals surface area contributed by atoms with Crippen molar-refractivity contribution < 1.29 is 19.7 Å². The minimum atomic E-state index is -0.0440. The van der Waals surface area contributed by atoms with E-state index >= 15 is 0 Å². The topological polar surface area (TPSA) is 97.6 Å². The predicted octanol–water partition coefficient (Wildman–Crippen LogP) is 4.95. The molecule has 0 unspecified atom stereocenters. The molecule has 0 bridgehead atoms. The van der Waals surface area contributed by atoms with Crippen molar-refractivity contribution in [2.24, 2.45) is 0 Å². The van der Waals surface area contributed by atoms with Gasteiger partial charge in [-0.25, -0.2) is 15.0 Å². The lowest BCUT2D eigenvalue weighted by Gasteiger charge is -2.11. The Labute approximate surface area is 183 Å². The number of phenolic OH excluding ortho intramolecular Hbond substituents is 2. The Bertz CT molecular complexity index is 1170. The summed E-state index contributed by atoms with van der Waals surface area (Å²) in [7, 11) is 3.03. The molecule has 0 aliphatic rings. The van der Waals surface area contributed by atoms with E-state index in [4.69, 9.17) is 21.1 Å². The molecule has 8 heteroatoms. The van der Waals surface area contributed by atoms with Crippen LogP contribution in [0.3, 0.4) is 0 Å². The molecule has 0 radical (unpaired) electrons. The fraction of sp³-hybridized carbons (Fsp3) is 0.0870. The van der Waals surface area contributed by atoms with Gasteiger partial charge in [-0.05, 0) is 48.5 Å². The second-order valence-electron chi connectivity index (χ2n) is 6.58. The normalized spacial score (nSPS) is 10.7. The third-order valence-corrected chi connectivity index (χ3v) is 4.88. The molecule has 1 heterocycles. The summed E-state index contributed by atoms with van der Waals surface area (Å²) >= 11 is 6.01. The molecule has 0 amide bonds. The van der Waals surface area contributed by atoms with Crippen molar-refractivity contribution in [3.8, 4) is 57.2 Å². The van der Waals surface area contributed by atoms with Crippen molar-refractivity contribution in [2.45, 2.75) is 0 Å². The molecule has 0 atom stereocenters. The Hall–Kier alpha value is -3.84. The number of hydrogen-bond donors (Lipinski definition) is 2. The number of aromatic nitrogens is 3. The lowest BCUT2D eigenvalue weighted by molar-refractivity contribution is 0.408. The van der Waals surface area contributed by atoms with Crippen molar-refractivity contribution in [1.29, 1.82) is 0 Å². The Morgan fingerprint density at radius 2 is 1.10 bits per heavy atom. The lowest BCUT2D eigenvalue weighted by atomic mass is 10.1. The van der Waals surface area contributed by atoms with Crippen LogP contribution in [0, 0.1) is 0 Å². The predicted molar refractivity (Wildman–Crippen MR) is 118 cm³/mol. The summed E-state index contributed by atoms with van der Waals surface area (Å²) in [5.74, 6) is 1.76. The Kier molecular flexibility index (Phi) is 5.60. The molecule has 0 aliphatic heterocycles. The van der Waals surface area contributed by atoms with Crippen molar-refractivity contribution in [2.75, 3.05) is 14.2 Å². The molecule has 4 aromatic rings. The number of rotatable bonds is 5. The smallest absolute Gasteiger partial charge is 0.167 e. The van der Waals surface area contributed by atoms with Gasteiger partial charge in [0.15, 0.2) is 17.5 Å². The monoisotopic (exact) mass is 435 g/mol. The standard InChI is InChI=1S/C23H18ClN3O4/c1-30-15-7-9-17(19(28)11-15)22-25-21(13-3-5-14(24)6-4-13)26-23(27-22)18-10-8-16(31-2)12-20(18)29/h3-12,28-29H,1-2H3. The quantitative estimate of drug-likeness (QED) is 0.457. The van der Waals surface area contributed by atoms with E-state index in [9.17, 15) is 10.2 Å². The largest absolute Gasteiger partial charge is 0.507 e. The molecule has 1 aromatic heterocycles. The van der Waals surface area contributed by atoms with Gasteiger partial charge in [0.2, 0.25) is 0 Å². The van der Waals surface area contributed by atoms with E-state index in [1.54, 1.807) is 48.5 Å². The number of nitrogens with zero attached hydrogens (tertiary/aromatic N) is 3. The van der Waals surface area contributed by atoms with Crippen molar-refractivity contribution >= 4 is 11.6 Å². The molecular weight excluding hydrogens is 418 g/mol. The number of benzene rings is 3. The van der Waals surface area contributed by atoms with Crippen LogP contribution in [0.1, 0.15) is 0 Å². The molecule has 31 heavy (non-hydrogen) atoms. The second kappa shape index (κ2) is 8.49. The summed E-state index contributed by atoms with van der Waals surface area (Å²) in [6, 6.07) is 16.7. The zero-order chi connectivity index (χ0) is 22.0. The summed E-state index contributed by atoms with van der Waals surface area (Å²) in [6.07, 6.45) is 0. The second-order valence-corrected chi connectivity index (χ2v) is 7.02. The summed E-state index contributed by atoms with van der Waals surface area (Å²) in [4.78, 5) is 13.6. The first-order valence-electron chi connectivity index (χ1n) is 9.25. The van der Waals surface area contributed by atoms with Gasteiger partial charge in [-0.15, -0.1) is 0 Å². The first-order chi connectivity index (χ1) is 15.0. The van der Waals surface area contributed by atoms with Gasteiger partial charge in [0.25, 0.3) is 0 Å². The maximum atomic E-state index is 10.5. The minimum Gasteiger partial charge on any atom is -0.507 e. The van der Waals surface area contributed by atoms with Crippen LogP contribution in [0.5, 0.6) is 23.0 Å². The molecule has 7 nitrogen and oxygen atoms in total. The van der Waals surface area contributed by atoms with Crippen LogP contribution in [0.15, 0.2) is 60.7 Å². The highest BCUT2D eigenvalue weighted by atomic mass is 35.5. The van der Waals surface area contributed by atoms with E-state index in [2.05, 4.69) is 15.0 Å². The van der Waals surface area contributed by atoms with E-state index in [1.165, 1.54) is 26.4 Å². The third-order valence-electron chi connectivity index (χ3n) is 4.63. The molecule has 0 saturated heterocycles. The SMILES string of the molecule is COc1ccc(-c2nc(-c3ccc(Cl)cc3)nc(-c3ccc(OC)cc3O)n2)c(O)c1. The maximum absolute atomic E-state index is 10.5. The minimum absolute atomic E-state index is 0.0440. The highest BCUT2D eigenvalue weighted by Gasteiger charge is 2.17. The Balaban J connectivity index is 1.92. The number of aromatic hydroxyl groups is 2. The van der Waals surface area contributed by atoms with Gasteiger partial charge < -0.3 is 19.7 Å². The molecule has 156 valence electrons. The van der Waals surface area contributed by atoms with Crippen LogP contribution in [0.25, 0.3) is 34.2 Å². The summed E-state index contributed by atoms with van der Waals surface area (Å²) in [5.41, 5.74) is 1.50. The molecule has 0 aliphatic carbocycles. The van der Waals surface area contributed by atoms with Crippen molar-refractivity contribution in [3.05, 3.63) is 65.7 Å². The summed E-state index contributed by atoms with van der Waals surface area (Å²) in [5, 5.41) is 21.6. The molecular formula is C23H18ClN3O4. The molecule has 2 N–H and O–H groups in total. The third kappa shape index (κ3) is 4.22. The van der Waals surface area contributed by atoms with Crippen LogP contribution < -0.4 is 9.47 Å². The molecule has 4 rings (SSSR count). The Morgan fingerprint density at radius 1 is 0.645 bits per heavy atom. The Morgan fingerprint density at radius 3 is 1.52 bits per heavy atom. The molecule has 0 fully saturated rings. The van der Waals surface area contributed by atoms with Gasteiger partial charge in [0.1, 0.15) is 23.0 Å². The number of methoxy groups -OCH3 is 2. The zero-order valence-electron chi connectivity index (χ0n) is 16.7. The lowest BCUT2D eigenvalue weighted by Crippen LogP contribution is -2.00. The van der Waals surface area contributed by atoms with Crippen molar-refractivity contribution in [1.82, 2.24) is 15.0 Å². The van der Waals surface area contributed by atoms with Crippen LogP contribution in [-0.2, 0) is 0 Å². The van der Waals surface area contributed by atoms with Crippen LogP contribution >= 0.6 is 11.6 Å². The van der Waals surface area contributed by atoms with Gasteiger partial charge in [-0.1, -0.05) is 11.6 Å². The van der Waals surface area contributed by atoms with E-state index < -0.39 is 0 Å². The zero-order valence-corrected chi connectivity index (χ0v) is 17.5. The summed E-state index contributed by atoms with van der Waals surface area (Å²) < 4.78 is 10.3. The van der Waals surface area contributed by atoms with Crippen molar-refractivity contribution in [3.63, 3.8) is 0 Å². The number of hydrogen-bond acceptors (Lipinski definition) is 7. The first kappa shape index (κ1) is 20.4. The highest BCUT2D eigenvalue weighted by molar-refractivity contribution is 6.30. The van der Waals surface area contributed by atoms with Gasteiger partial charge >= 0.3 is 0 Å². The number of ether oxygens (including phenoxy) is 2. The average Bonchev–Trinajstić information content (AvgIpc) is 2.79. The van der Waals surface area contributed by atoms with Gasteiger partial charge in [0.05, 0.1) is 25.3 Å². The van der Waals surface area contributed by atoms with Crippen LogP contribution in [-0.4, -0.2) is 39.4 Å². The van der Waals surface area contributed by atoms with E-state index in [-0.39, 0.29) is 23.1 Å². The van der Waals surface area contributed by atoms with E-state index in [0.29, 0.717) is 39.0 Å². The van der Waals surface area contributed by atoms with Crippen LogP contribution in [0.2, 0.25) is 5.02 Å². The van der Waals surface area contributed by atoms with Gasteiger partial charge in [-0.2, -0.15) is 0 Å².